The molecule has 1 aromatic rings. The quantitative estimate of drug-likeness (QED) is 0.756. The Morgan fingerprint density at radius 3 is 2.38 bits per heavy atom. The van der Waals surface area contributed by atoms with Gasteiger partial charge in [-0.05, 0) is 54.5 Å². The van der Waals surface area contributed by atoms with Crippen molar-refractivity contribution in [3.8, 4) is 11.5 Å². The van der Waals surface area contributed by atoms with Gasteiger partial charge >= 0.3 is 5.97 Å². The zero-order chi connectivity index (χ0) is 15.1. The van der Waals surface area contributed by atoms with Crippen molar-refractivity contribution < 1.29 is 19.0 Å². The van der Waals surface area contributed by atoms with E-state index in [1.807, 2.05) is 36.0 Å². The van der Waals surface area contributed by atoms with Crippen molar-refractivity contribution in [3.63, 3.8) is 0 Å². The minimum absolute atomic E-state index is 0.166. The molecule has 0 bridgehead atoms. The lowest BCUT2D eigenvalue weighted by molar-refractivity contribution is -0.148. The Kier molecular flexibility index (Phi) is 6.23. The van der Waals surface area contributed by atoms with Gasteiger partial charge in [-0.1, -0.05) is 0 Å². The van der Waals surface area contributed by atoms with E-state index in [2.05, 4.69) is 0 Å². The molecule has 1 aromatic carbocycles. The fourth-order valence-electron chi connectivity index (χ4n) is 2.52. The molecule has 1 aliphatic rings. The molecule has 1 unspecified atom stereocenters. The molecule has 2 rings (SSSR count). The zero-order valence-electron chi connectivity index (χ0n) is 12.5. The summed E-state index contributed by atoms with van der Waals surface area (Å²) in [6.45, 7) is 0.369. The first-order chi connectivity index (χ1) is 10.2. The Bertz CT molecular complexity index is 440. The molecule has 0 radical (unpaired) electrons. The molecule has 0 spiro atoms. The van der Waals surface area contributed by atoms with Crippen LogP contribution in [-0.2, 0) is 9.53 Å². The molecule has 116 valence electrons. The summed E-state index contributed by atoms with van der Waals surface area (Å²) in [6, 6.07) is 7.40. The first-order valence-corrected chi connectivity index (χ1v) is 8.32. The van der Waals surface area contributed by atoms with Crippen LogP contribution in [0.25, 0.3) is 0 Å². The third kappa shape index (κ3) is 4.56. The van der Waals surface area contributed by atoms with Crippen molar-refractivity contribution in [1.29, 1.82) is 0 Å². The molecule has 1 saturated heterocycles. The summed E-state index contributed by atoms with van der Waals surface area (Å²) in [5.41, 5.74) is 0. The Morgan fingerprint density at radius 1 is 1.19 bits per heavy atom. The number of benzene rings is 1. The van der Waals surface area contributed by atoms with E-state index in [1.54, 1.807) is 7.11 Å². The van der Waals surface area contributed by atoms with E-state index < -0.39 is 0 Å². The van der Waals surface area contributed by atoms with Crippen molar-refractivity contribution in [1.82, 2.24) is 0 Å². The second-order valence-corrected chi connectivity index (χ2v) is 6.29. The van der Waals surface area contributed by atoms with Crippen LogP contribution >= 0.6 is 11.8 Å². The number of methoxy groups -OCH3 is 2. The maximum Gasteiger partial charge on any atom is 0.312 e. The predicted octanol–water partition coefficient (Wildman–Crippen LogP) is 3.01. The van der Waals surface area contributed by atoms with Crippen LogP contribution in [-0.4, -0.2) is 38.3 Å². The van der Waals surface area contributed by atoms with Gasteiger partial charge in [0.15, 0.2) is 0 Å². The van der Waals surface area contributed by atoms with Crippen LogP contribution < -0.4 is 9.47 Å². The van der Waals surface area contributed by atoms with Gasteiger partial charge in [-0.15, -0.1) is 0 Å². The highest BCUT2D eigenvalue weighted by Gasteiger charge is 2.31. The maximum absolute atomic E-state index is 12.0. The molecule has 0 aromatic heterocycles. The van der Waals surface area contributed by atoms with Gasteiger partial charge in [0.05, 0.1) is 20.1 Å². The van der Waals surface area contributed by atoms with Gasteiger partial charge in [-0.3, -0.25) is 4.79 Å². The Balaban J connectivity index is 1.95. The van der Waals surface area contributed by atoms with Crippen LogP contribution in [0.2, 0.25) is 0 Å². The van der Waals surface area contributed by atoms with E-state index in [0.717, 1.165) is 35.8 Å². The smallest absolute Gasteiger partial charge is 0.312 e. The van der Waals surface area contributed by atoms with Crippen LogP contribution in [0, 0.1) is 11.8 Å². The second-order valence-electron chi connectivity index (χ2n) is 5.07. The second kappa shape index (κ2) is 8.17. The number of rotatable bonds is 6. The molecule has 1 heterocycles. The zero-order valence-corrected chi connectivity index (χ0v) is 13.4. The Morgan fingerprint density at radius 2 is 1.81 bits per heavy atom. The highest BCUT2D eigenvalue weighted by molar-refractivity contribution is 7.99. The highest BCUT2D eigenvalue weighted by atomic mass is 32.2. The first-order valence-electron chi connectivity index (χ1n) is 7.17. The molecule has 4 nitrogen and oxygen atoms in total. The topological polar surface area (TPSA) is 44.8 Å². The van der Waals surface area contributed by atoms with Crippen LogP contribution in [0.1, 0.15) is 12.8 Å². The largest absolute Gasteiger partial charge is 0.497 e. The molecular formula is C16H22O4S. The summed E-state index contributed by atoms with van der Waals surface area (Å²) in [6.07, 6.45) is 2.10. The van der Waals surface area contributed by atoms with Gasteiger partial charge in [-0.25, -0.2) is 0 Å². The van der Waals surface area contributed by atoms with Gasteiger partial charge < -0.3 is 14.2 Å². The summed E-state index contributed by atoms with van der Waals surface area (Å²) in [7, 11) is 3.07. The number of thioether (sulfide) groups is 1. The molecule has 21 heavy (non-hydrogen) atoms. The van der Waals surface area contributed by atoms with E-state index in [9.17, 15) is 4.79 Å². The minimum atomic E-state index is -0.182. The SMILES string of the molecule is COC(=O)C(COc1ccc(OC)cc1)C1CCSCC1. The van der Waals surface area contributed by atoms with E-state index >= 15 is 0 Å². The van der Waals surface area contributed by atoms with Gasteiger partial charge in [0.1, 0.15) is 18.1 Å². The number of esters is 1. The van der Waals surface area contributed by atoms with Crippen molar-refractivity contribution in [3.05, 3.63) is 24.3 Å². The van der Waals surface area contributed by atoms with Gasteiger partial charge in [0.25, 0.3) is 0 Å². The van der Waals surface area contributed by atoms with Crippen LogP contribution in [0.4, 0.5) is 0 Å². The average Bonchev–Trinajstić information content (AvgIpc) is 2.56. The summed E-state index contributed by atoms with van der Waals surface area (Å²) >= 11 is 1.95. The number of hydrogen-bond donors (Lipinski definition) is 0. The molecule has 0 aliphatic carbocycles. The molecule has 1 fully saturated rings. The first kappa shape index (κ1) is 16.0. The molecular weight excluding hydrogens is 288 g/mol. The van der Waals surface area contributed by atoms with Gasteiger partial charge in [-0.2, -0.15) is 11.8 Å². The molecule has 0 saturated carbocycles. The van der Waals surface area contributed by atoms with E-state index in [-0.39, 0.29) is 11.9 Å². The fourth-order valence-corrected chi connectivity index (χ4v) is 3.67. The van der Waals surface area contributed by atoms with E-state index in [4.69, 9.17) is 14.2 Å². The molecule has 5 heteroatoms. The Hall–Kier alpha value is -1.36. The number of hydrogen-bond acceptors (Lipinski definition) is 5. The van der Waals surface area contributed by atoms with Crippen LogP contribution in [0.3, 0.4) is 0 Å². The molecule has 0 amide bonds. The number of carbonyl (C=O) groups is 1. The maximum atomic E-state index is 12.0. The van der Waals surface area contributed by atoms with Crippen LogP contribution in [0.5, 0.6) is 11.5 Å². The standard InChI is InChI=1S/C16H22O4S/c1-18-13-3-5-14(6-4-13)20-11-15(16(17)19-2)12-7-9-21-10-8-12/h3-6,12,15H,7-11H2,1-2H3. The lowest BCUT2D eigenvalue weighted by atomic mass is 9.88. The fraction of sp³-hybridized carbons (Fsp3) is 0.562. The number of ether oxygens (including phenoxy) is 3. The minimum Gasteiger partial charge on any atom is -0.497 e. The Labute approximate surface area is 130 Å². The van der Waals surface area contributed by atoms with Crippen molar-refractivity contribution in [2.45, 2.75) is 12.8 Å². The third-order valence-electron chi connectivity index (χ3n) is 3.83. The van der Waals surface area contributed by atoms with E-state index in [0.29, 0.717) is 12.5 Å². The van der Waals surface area contributed by atoms with Crippen LogP contribution in [0.15, 0.2) is 24.3 Å². The summed E-state index contributed by atoms with van der Waals surface area (Å²) in [4.78, 5) is 12.0. The highest BCUT2D eigenvalue weighted by Crippen LogP contribution is 2.30. The van der Waals surface area contributed by atoms with E-state index in [1.165, 1.54) is 7.11 Å². The van der Waals surface area contributed by atoms with Crippen molar-refractivity contribution >= 4 is 17.7 Å². The number of carbonyl (C=O) groups excluding carboxylic acids is 1. The summed E-state index contributed by atoms with van der Waals surface area (Å²) in [5, 5.41) is 0. The lowest BCUT2D eigenvalue weighted by Gasteiger charge is -2.28. The average molecular weight is 310 g/mol. The van der Waals surface area contributed by atoms with Crippen molar-refractivity contribution in [2.75, 3.05) is 32.3 Å². The normalized spacial score (nSPS) is 17.0. The third-order valence-corrected chi connectivity index (χ3v) is 4.88. The van der Waals surface area contributed by atoms with Gasteiger partial charge in [0, 0.05) is 0 Å². The van der Waals surface area contributed by atoms with Gasteiger partial charge in [0.2, 0.25) is 0 Å². The molecule has 0 N–H and O–H groups in total. The molecule has 1 atom stereocenters. The predicted molar refractivity (Wildman–Crippen MR) is 84.0 cm³/mol. The van der Waals surface area contributed by atoms with Crippen molar-refractivity contribution in [2.24, 2.45) is 11.8 Å². The summed E-state index contributed by atoms with van der Waals surface area (Å²) < 4.78 is 15.8. The monoisotopic (exact) mass is 310 g/mol. The summed E-state index contributed by atoms with van der Waals surface area (Å²) in [5.74, 6) is 3.77. The lowest BCUT2D eigenvalue weighted by Crippen LogP contribution is -2.32. The molecule has 1 aliphatic heterocycles.